The third-order valence-electron chi connectivity index (χ3n) is 18.7. The molecule has 0 aromatic carbocycles. The van der Waals surface area contributed by atoms with Gasteiger partial charge in [0.25, 0.3) is 0 Å². The molecule has 1 aliphatic heterocycles. The van der Waals surface area contributed by atoms with Gasteiger partial charge in [-0.2, -0.15) is 0 Å². The Morgan fingerprint density at radius 1 is 0.446 bits per heavy atom. The van der Waals surface area contributed by atoms with E-state index in [1.165, 1.54) is 31.4 Å². The normalized spacial score (nSPS) is 15.3. The zero-order valence-electron chi connectivity index (χ0n) is 78.8. The minimum atomic E-state index is -0.460. The molecule has 646 valence electrons. The van der Waals surface area contributed by atoms with Crippen molar-refractivity contribution >= 4 is 46.9 Å². The first kappa shape index (κ1) is 112. The SMILES string of the molecule is C=CC(=O)N1CCC(C(C)(C)C)C1.C=CC(=O)OC(C)(C)C(C)(C)C.C=CCN(CC(C)(C)C)C(=O)/C=C/CN(C)C.CC(C)(C)CCC(=O)C1=CCC1.CC(C)(C)CCC(=O)C1=CCCC1.CC(C)(C)CCC(=O)C1=CCCCC1.CCN(CC(C)(C)C)C(=O)/C=C/CN(C)C.CN(C)C/C=C/C(=O)N(C)CC(C)(C)C. The molecule has 4 aliphatic rings. The van der Waals surface area contributed by atoms with Crippen LogP contribution in [-0.2, 0) is 43.1 Å². The molecule has 1 heterocycles. The highest BCUT2D eigenvalue weighted by atomic mass is 16.6. The van der Waals surface area contributed by atoms with Crippen molar-refractivity contribution in [3.8, 4) is 0 Å². The molecule has 1 saturated heterocycles. The van der Waals surface area contributed by atoms with Crippen molar-refractivity contribution in [3.63, 3.8) is 0 Å². The summed E-state index contributed by atoms with van der Waals surface area (Å²) >= 11 is 0. The van der Waals surface area contributed by atoms with Crippen LogP contribution >= 0.6 is 0 Å². The average Bonchev–Trinajstić information content (AvgIpc) is 1.80. The Kier molecular flexibility index (Phi) is 54.8. The van der Waals surface area contributed by atoms with E-state index in [9.17, 15) is 38.4 Å². The van der Waals surface area contributed by atoms with Crippen LogP contribution in [0.2, 0.25) is 0 Å². The molecule has 1 atom stereocenters. The Balaban J connectivity index is -0.000000596. The zero-order valence-corrected chi connectivity index (χ0v) is 78.8. The second kappa shape index (κ2) is 54.7. The summed E-state index contributed by atoms with van der Waals surface area (Å²) in [5, 5.41) is 0. The second-order valence-corrected chi connectivity index (χ2v) is 41.3. The lowest BCUT2D eigenvalue weighted by Crippen LogP contribution is -2.40. The van der Waals surface area contributed by atoms with Gasteiger partial charge < -0.3 is 39.0 Å². The van der Waals surface area contributed by atoms with Crippen LogP contribution in [0.1, 0.15) is 290 Å². The smallest absolute Gasteiger partial charge is 0.330 e. The molecular weight excluding hydrogens is 1400 g/mol. The van der Waals surface area contributed by atoms with E-state index < -0.39 is 5.60 Å². The molecule has 16 heteroatoms. The van der Waals surface area contributed by atoms with Crippen molar-refractivity contribution < 1.29 is 43.1 Å². The standard InChI is InChI=1S/C14H26N2O.C13H26N2O.C13H22O.C12H24N2O.C12H20O.C11H19NO.C11H18O.C10H18O2/c1-7-10-16(12-14(2,3)4)13(17)9-8-11-15(5)6;1-7-15(11-13(2,3)4)12(16)9-8-10-14(5)6;1-13(2,3)10-9-12(14)11-7-5-4-6-8-11;1-12(2,3)10-14(6)11(15)8-7-9-13(4)5;1-12(2,3)9-8-11(13)10-6-4-5-7-10;1-5-10(13)12-7-6-9(8-12)11(2,3)4;1-11(2,3)8-7-10(12)9-5-4-6-9;1-7-8(11)12-10(5,6)9(2,3)4/h7-9H,1,10-12H2,2-6H3;8-9H,7,10-11H2,1-6H3;7H,4-6,8-10H2,1-3H3;7-8H,9-10H2,1-6H3;6H,4-5,7-9H2,1-3H3;5,9H,1,6-8H2,2-4H3;5H,4,6-8H2,1-3H3;7H,1H2,2-6H3/b2*9-8+;;8-7+;;;;. The molecule has 112 heavy (non-hydrogen) atoms. The van der Waals surface area contributed by atoms with E-state index in [0.717, 1.165) is 159 Å². The van der Waals surface area contributed by atoms with Gasteiger partial charge >= 0.3 is 5.97 Å². The van der Waals surface area contributed by atoms with E-state index in [2.05, 4.69) is 183 Å². The summed E-state index contributed by atoms with van der Waals surface area (Å²) in [4.78, 5) is 106. The number of carbonyl (C=O) groups is 8. The highest BCUT2D eigenvalue weighted by molar-refractivity contribution is 5.97. The molecule has 0 saturated carbocycles. The number of esters is 1. The van der Waals surface area contributed by atoms with Crippen molar-refractivity contribution in [2.45, 2.75) is 295 Å². The molecule has 1 unspecified atom stereocenters. The van der Waals surface area contributed by atoms with Crippen LogP contribution in [0.25, 0.3) is 0 Å². The van der Waals surface area contributed by atoms with Crippen LogP contribution in [0.5, 0.6) is 0 Å². The lowest BCUT2D eigenvalue weighted by atomic mass is 9.79. The van der Waals surface area contributed by atoms with Gasteiger partial charge in [0.2, 0.25) is 23.6 Å². The van der Waals surface area contributed by atoms with Gasteiger partial charge in [-0.3, -0.25) is 33.6 Å². The van der Waals surface area contributed by atoms with Crippen molar-refractivity contribution in [2.24, 2.45) is 49.2 Å². The molecule has 4 amide bonds. The number of amides is 4. The first-order chi connectivity index (χ1) is 50.9. The Hall–Kier alpha value is -6.10. The number of rotatable bonds is 27. The topological polar surface area (TPSA) is 168 Å². The van der Waals surface area contributed by atoms with Crippen molar-refractivity contribution in [1.29, 1.82) is 0 Å². The number of nitrogens with zero attached hydrogens (tertiary/aromatic N) is 7. The van der Waals surface area contributed by atoms with Gasteiger partial charge in [-0.15, -0.1) is 6.58 Å². The molecule has 0 aromatic rings. The molecule has 4 rings (SSSR count). The number of allylic oxidation sites excluding steroid dienone is 6. The first-order valence-corrected chi connectivity index (χ1v) is 41.7. The average molecular weight is 1570 g/mol. The first-order valence-electron chi connectivity index (χ1n) is 41.7. The summed E-state index contributed by atoms with van der Waals surface area (Å²) in [6.07, 6.45) is 37.7. The summed E-state index contributed by atoms with van der Waals surface area (Å²) in [5.74, 6) is 1.73. The minimum Gasteiger partial charge on any atom is -0.456 e. The molecule has 0 radical (unpaired) electrons. The Morgan fingerprint density at radius 2 is 0.812 bits per heavy atom. The fourth-order valence-corrected chi connectivity index (χ4v) is 10.8. The number of hydrogen-bond donors (Lipinski definition) is 0. The number of hydrogen-bond acceptors (Lipinski definition) is 12. The molecule has 16 nitrogen and oxygen atoms in total. The lowest BCUT2D eigenvalue weighted by Gasteiger charge is -2.37. The van der Waals surface area contributed by atoms with E-state index in [-0.39, 0.29) is 62.1 Å². The predicted molar refractivity (Wildman–Crippen MR) is 479 cm³/mol. The lowest BCUT2D eigenvalue weighted by molar-refractivity contribution is -0.160. The van der Waals surface area contributed by atoms with E-state index in [1.54, 1.807) is 29.2 Å². The third-order valence-corrected chi connectivity index (χ3v) is 18.7. The summed E-state index contributed by atoms with van der Waals surface area (Å²) in [7, 11) is 13.7. The largest absolute Gasteiger partial charge is 0.456 e. The summed E-state index contributed by atoms with van der Waals surface area (Å²) in [6.45, 7) is 75.9. The number of ether oxygens (including phenoxy) is 1. The molecule has 0 N–H and O–H groups in total. The molecule has 0 bridgehead atoms. The van der Waals surface area contributed by atoms with Gasteiger partial charge in [0.1, 0.15) is 5.60 Å². The number of Topliss-reactive ketones (excluding diaryl/α,β-unsaturated/α-hetero) is 3. The monoisotopic (exact) mass is 1570 g/mol. The minimum absolute atomic E-state index is 0.0571. The molecule has 3 aliphatic carbocycles. The Morgan fingerprint density at radius 3 is 1.10 bits per heavy atom. The van der Waals surface area contributed by atoms with Crippen molar-refractivity contribution in [2.75, 3.05) is 115 Å². The maximum atomic E-state index is 12.0. The van der Waals surface area contributed by atoms with Crippen LogP contribution < -0.4 is 0 Å². The quantitative estimate of drug-likeness (QED) is 0.0434. The third kappa shape index (κ3) is 63.2. The number of ketones is 3. The van der Waals surface area contributed by atoms with Gasteiger partial charge in [-0.05, 0) is 213 Å². The van der Waals surface area contributed by atoms with Crippen molar-refractivity contribution in [1.82, 2.24) is 34.3 Å². The van der Waals surface area contributed by atoms with Gasteiger partial charge in [-0.25, -0.2) is 4.79 Å². The number of likely N-dealkylation sites (N-methyl/N-ethyl adjacent to an activating group) is 5. The highest BCUT2D eigenvalue weighted by Crippen LogP contribution is 2.35. The maximum Gasteiger partial charge on any atom is 0.330 e. The maximum absolute atomic E-state index is 12.0. The number of likely N-dealkylation sites (tertiary alicyclic amines) is 1. The molecule has 0 aromatic heterocycles. The predicted octanol–water partition coefficient (Wildman–Crippen LogP) is 20.9. The van der Waals surface area contributed by atoms with Gasteiger partial charge in [0.15, 0.2) is 17.3 Å². The summed E-state index contributed by atoms with van der Waals surface area (Å²) in [5.41, 5.74) is 4.32. The van der Waals surface area contributed by atoms with E-state index >= 15 is 0 Å². The van der Waals surface area contributed by atoms with Crippen molar-refractivity contribution in [3.05, 3.63) is 109 Å². The van der Waals surface area contributed by atoms with E-state index in [0.29, 0.717) is 40.6 Å². The van der Waals surface area contributed by atoms with E-state index in [1.807, 2.05) is 139 Å². The van der Waals surface area contributed by atoms with Crippen LogP contribution in [0, 0.1) is 49.2 Å². The Bertz CT molecular complexity index is 3000. The van der Waals surface area contributed by atoms with Crippen LogP contribution in [0.3, 0.4) is 0 Å². The van der Waals surface area contributed by atoms with Gasteiger partial charge in [0.05, 0.1) is 0 Å². The van der Waals surface area contributed by atoms with Gasteiger partial charge in [0, 0.05) is 121 Å². The fourth-order valence-electron chi connectivity index (χ4n) is 10.8. The zero-order chi connectivity index (χ0) is 88.0. The van der Waals surface area contributed by atoms with Crippen LogP contribution in [0.4, 0.5) is 0 Å². The highest BCUT2D eigenvalue weighted by Gasteiger charge is 2.36. The van der Waals surface area contributed by atoms with Gasteiger partial charge in [-0.1, -0.05) is 222 Å². The van der Waals surface area contributed by atoms with Crippen LogP contribution in [0.15, 0.2) is 109 Å². The summed E-state index contributed by atoms with van der Waals surface area (Å²) < 4.78 is 5.19. The fraction of sp³-hybridized carbons (Fsp3) is 0.729. The van der Waals surface area contributed by atoms with E-state index in [4.69, 9.17) is 4.74 Å². The molecular formula is C96H173N7O9. The summed E-state index contributed by atoms with van der Waals surface area (Å²) in [6, 6.07) is 0. The van der Waals surface area contributed by atoms with Crippen LogP contribution in [-0.4, -0.2) is 202 Å². The Labute approximate surface area is 689 Å². The number of carbonyl (C=O) groups excluding carboxylic acids is 8. The molecule has 1 fully saturated rings. The molecule has 0 spiro atoms. The second-order valence-electron chi connectivity index (χ2n) is 41.3.